The van der Waals surface area contributed by atoms with Crippen LogP contribution in [0, 0.1) is 11.8 Å². The second kappa shape index (κ2) is 19.1. The number of fused-ring (bicyclic) bond motifs is 1. The number of nitrogens with one attached hydrogen (secondary N) is 2. The molecule has 334 valence electrons. The van der Waals surface area contributed by atoms with Gasteiger partial charge in [-0.05, 0) is 85.1 Å². The van der Waals surface area contributed by atoms with Gasteiger partial charge >= 0.3 is 16.3 Å². The number of likely N-dealkylation sites (tertiary alicyclic amines) is 1. The molecule has 6 rings (SSSR count). The minimum Gasteiger partial charge on any atom is -0.459 e. The number of amides is 4. The van der Waals surface area contributed by atoms with Crippen molar-refractivity contribution in [3.05, 3.63) is 35.7 Å². The zero-order chi connectivity index (χ0) is 44.2. The third kappa shape index (κ3) is 11.4. The van der Waals surface area contributed by atoms with E-state index >= 15 is 0 Å². The Morgan fingerprint density at radius 3 is 2.48 bits per heavy atom. The van der Waals surface area contributed by atoms with Gasteiger partial charge in [0.15, 0.2) is 5.13 Å². The van der Waals surface area contributed by atoms with Gasteiger partial charge in [0, 0.05) is 56.5 Å². The molecular weight excluding hydrogens is 823 g/mol. The molecule has 1 aromatic carbocycles. The first kappa shape index (κ1) is 45.8. The summed E-state index contributed by atoms with van der Waals surface area (Å²) in [5.41, 5.74) is 8.47. The number of imidazole rings is 1. The van der Waals surface area contributed by atoms with Gasteiger partial charge in [-0.15, -0.1) is 11.3 Å². The highest BCUT2D eigenvalue weighted by Crippen LogP contribution is 2.40. The van der Waals surface area contributed by atoms with E-state index in [1.54, 1.807) is 32.1 Å². The highest BCUT2D eigenvalue weighted by atomic mass is 32.2. The molecule has 4 N–H and O–H groups in total. The number of rotatable bonds is 18. The molecule has 2 saturated heterocycles. The lowest BCUT2D eigenvalue weighted by Gasteiger charge is -2.28. The lowest BCUT2D eigenvalue weighted by molar-refractivity contribution is -0.139. The van der Waals surface area contributed by atoms with Crippen molar-refractivity contribution >= 4 is 61.5 Å². The van der Waals surface area contributed by atoms with Crippen LogP contribution in [-0.2, 0) is 29.3 Å². The van der Waals surface area contributed by atoms with Crippen molar-refractivity contribution in [2.75, 3.05) is 38.6 Å². The van der Waals surface area contributed by atoms with Crippen LogP contribution in [0.15, 0.2) is 35.7 Å². The molecule has 4 amide bonds. The van der Waals surface area contributed by atoms with Crippen molar-refractivity contribution in [1.29, 1.82) is 0 Å². The van der Waals surface area contributed by atoms with E-state index < -0.39 is 57.8 Å². The van der Waals surface area contributed by atoms with E-state index in [9.17, 15) is 27.6 Å². The molecule has 5 atom stereocenters. The number of carbonyl (C=O) groups excluding carboxylic acids is 4. The van der Waals surface area contributed by atoms with Gasteiger partial charge in [0.2, 0.25) is 17.7 Å². The number of thiazole rings is 1. The number of allylic oxidation sites excluding steroid dienone is 2. The molecule has 61 heavy (non-hydrogen) atoms. The maximum Gasteiger partial charge on any atom is 0.408 e. The molecule has 2 aliphatic heterocycles. The smallest absolute Gasteiger partial charge is 0.408 e. The average molecular weight is 884 g/mol. The molecule has 0 spiro atoms. The number of anilines is 1. The van der Waals surface area contributed by atoms with Gasteiger partial charge < -0.3 is 30.3 Å². The van der Waals surface area contributed by atoms with E-state index in [0.29, 0.717) is 25.3 Å². The van der Waals surface area contributed by atoms with Gasteiger partial charge in [-0.25, -0.2) is 14.5 Å². The van der Waals surface area contributed by atoms with Gasteiger partial charge in [-0.1, -0.05) is 37.1 Å². The summed E-state index contributed by atoms with van der Waals surface area (Å²) in [6.07, 6.45) is 8.77. The van der Waals surface area contributed by atoms with E-state index in [4.69, 9.17) is 25.2 Å². The Morgan fingerprint density at radius 2 is 1.80 bits per heavy atom. The molecular formula is C42H61N9O8S2. The summed E-state index contributed by atoms with van der Waals surface area (Å²) in [6, 6.07) is 4.39. The lowest BCUT2D eigenvalue weighted by atomic mass is 10.0. The molecule has 1 saturated carbocycles. The fraction of sp³-hybridized carbons (Fsp3) is 0.619. The number of para-hydroxylation sites is 1. The normalized spacial score (nSPS) is 21.1. The van der Waals surface area contributed by atoms with Crippen LogP contribution in [0.4, 0.5) is 9.93 Å². The third-order valence-electron chi connectivity index (χ3n) is 11.1. The summed E-state index contributed by atoms with van der Waals surface area (Å²) in [5.74, 6) is -2.01. The van der Waals surface area contributed by atoms with Crippen LogP contribution in [0.3, 0.4) is 0 Å². The summed E-state index contributed by atoms with van der Waals surface area (Å²) in [6.45, 7) is 11.4. The average Bonchev–Trinajstić information content (AvgIpc) is 3.68. The summed E-state index contributed by atoms with van der Waals surface area (Å²) >= 11 is 1.63. The van der Waals surface area contributed by atoms with Crippen molar-refractivity contribution in [2.45, 2.75) is 122 Å². The molecule has 17 nitrogen and oxygen atoms in total. The first-order valence-electron chi connectivity index (χ1n) is 21.2. The van der Waals surface area contributed by atoms with Crippen LogP contribution in [0.2, 0.25) is 0 Å². The molecule has 3 aromatic rings. The number of alkyl carbamates (subject to hydrolysis) is 1. The Hall–Kier alpha value is -4.75. The summed E-state index contributed by atoms with van der Waals surface area (Å²) in [7, 11) is -1.11. The Kier molecular flexibility index (Phi) is 14.3. The summed E-state index contributed by atoms with van der Waals surface area (Å²) in [5, 5.41) is 5.82. The van der Waals surface area contributed by atoms with Crippen molar-refractivity contribution < 1.29 is 37.1 Å². The van der Waals surface area contributed by atoms with Gasteiger partial charge in [-0.2, -0.15) is 17.7 Å². The number of hydrogen-bond donors (Lipinski definition) is 3. The van der Waals surface area contributed by atoms with E-state index in [-0.39, 0.29) is 30.8 Å². The zero-order valence-corrected chi connectivity index (χ0v) is 37.9. The maximum absolute atomic E-state index is 14.3. The Labute approximate surface area is 362 Å². The fourth-order valence-corrected chi connectivity index (χ4v) is 9.33. The predicted molar refractivity (Wildman–Crippen MR) is 234 cm³/mol. The molecule has 0 radical (unpaired) electrons. The molecule has 3 aliphatic rings. The number of nitrogens with zero attached hydrogens (tertiary/aromatic N) is 6. The number of hydrogen-bond acceptors (Lipinski definition) is 12. The van der Waals surface area contributed by atoms with Crippen molar-refractivity contribution in [2.24, 2.45) is 17.6 Å². The third-order valence-corrected chi connectivity index (χ3v) is 13.4. The van der Waals surface area contributed by atoms with Crippen molar-refractivity contribution in [3.63, 3.8) is 0 Å². The van der Waals surface area contributed by atoms with Crippen molar-refractivity contribution in [1.82, 2.24) is 33.8 Å². The first-order chi connectivity index (χ1) is 28.8. The summed E-state index contributed by atoms with van der Waals surface area (Å²) in [4.78, 5) is 66.2. The van der Waals surface area contributed by atoms with E-state index in [2.05, 4.69) is 20.3 Å². The van der Waals surface area contributed by atoms with Gasteiger partial charge in [0.25, 0.3) is 6.01 Å². The highest BCUT2D eigenvalue weighted by molar-refractivity contribution is 7.87. The first-order valence-corrected chi connectivity index (χ1v) is 23.5. The summed E-state index contributed by atoms with van der Waals surface area (Å²) < 4.78 is 41.1. The van der Waals surface area contributed by atoms with Gasteiger partial charge in [0.05, 0.1) is 17.8 Å². The maximum atomic E-state index is 14.3. The quantitative estimate of drug-likeness (QED) is 0.113. The predicted octanol–water partition coefficient (Wildman–Crippen LogP) is 5.13. The molecule has 2 aromatic heterocycles. The van der Waals surface area contributed by atoms with Crippen LogP contribution >= 0.6 is 11.3 Å². The lowest BCUT2D eigenvalue weighted by Crippen LogP contribution is -2.53. The van der Waals surface area contributed by atoms with E-state index in [0.717, 1.165) is 76.9 Å². The standard InChI is InChI=1S/C42H61N9O8S2/c1-26(2)51-33-19-15-17-29(32-25-60-40(44-32)49-20-13-14-21-49)35(33)46-39(51)58-28-23-34(36(43)52)50(24-28)38(54)31(45-41(55)59-42(3,4)5)18-12-10-8-9-11-16-27-22-30(27)37(53)47-61(56,57)48(6)7/h11,15-17,19,25-28,30-31,34H,8-10,12-14,18,20-24H2,1-7H3,(H2,43,52)(H,45,55)(H,47,53)/b16-11-/t27-,28-,30+,31+,34+/m1/s1. The van der Waals surface area contributed by atoms with Crippen LogP contribution in [0.1, 0.15) is 98.4 Å². The van der Waals surface area contributed by atoms with Crippen LogP contribution in [0.5, 0.6) is 6.01 Å². The highest BCUT2D eigenvalue weighted by Gasteiger charge is 2.44. The number of benzene rings is 1. The van der Waals surface area contributed by atoms with Crippen molar-refractivity contribution in [3.8, 4) is 17.3 Å². The van der Waals surface area contributed by atoms with Crippen LogP contribution in [0.25, 0.3) is 22.3 Å². The number of unbranched alkanes of at least 4 members (excludes halogenated alkanes) is 3. The Bertz CT molecular complexity index is 2210. The number of ether oxygens (including phenoxy) is 2. The second-order valence-corrected chi connectivity index (χ2v) is 20.4. The Balaban J connectivity index is 1.10. The SMILES string of the molecule is CC(C)n1c(O[C@@H]2C[C@@H](C(N)=O)N(C(=O)[C@H](CCCCC/C=C\[C@@H]3C[C@@H]3C(=O)NS(=O)(=O)N(C)C)NC(=O)OC(C)(C)C)C2)nc2c(-c3csc(N4CCCC4)n3)cccc21. The molecule has 0 bridgehead atoms. The monoisotopic (exact) mass is 883 g/mol. The van der Waals surface area contributed by atoms with Crippen LogP contribution < -0.4 is 25.4 Å². The van der Waals surface area contributed by atoms with Crippen LogP contribution in [-0.4, -0.2) is 113 Å². The largest absolute Gasteiger partial charge is 0.459 e. The number of carbonyl (C=O) groups is 4. The molecule has 3 fully saturated rings. The number of aromatic nitrogens is 3. The molecule has 4 heterocycles. The van der Waals surface area contributed by atoms with Gasteiger partial charge in [0.1, 0.15) is 29.3 Å². The molecule has 1 aliphatic carbocycles. The molecule has 0 unspecified atom stereocenters. The zero-order valence-electron chi connectivity index (χ0n) is 36.3. The van der Waals surface area contributed by atoms with E-state index in [1.165, 1.54) is 19.0 Å². The van der Waals surface area contributed by atoms with Gasteiger partial charge in [-0.3, -0.25) is 19.0 Å². The number of primary amides is 1. The number of nitrogens with two attached hydrogens (primary N) is 1. The topological polar surface area (TPSA) is 211 Å². The molecule has 19 heteroatoms. The fourth-order valence-electron chi connectivity index (χ4n) is 7.86. The van der Waals surface area contributed by atoms with E-state index in [1.807, 2.05) is 48.8 Å². The Morgan fingerprint density at radius 1 is 1.07 bits per heavy atom. The minimum atomic E-state index is -3.83. The second-order valence-electron chi connectivity index (χ2n) is 17.7. The minimum absolute atomic E-state index is 0.0117.